The fraction of sp³-hybridized carbons (Fsp3) is 0.571. The predicted molar refractivity (Wildman–Crippen MR) is 44.5 cm³/mol. The number of hydrogen-bond acceptors (Lipinski definition) is 3. The maximum absolute atomic E-state index is 10.6. The molecule has 0 saturated carbocycles. The molecule has 0 N–H and O–H groups in total. The molecule has 1 rings (SSSR count). The first kappa shape index (κ1) is 9.41. The Hall–Kier alpha value is -0.680. The molecule has 1 atom stereocenters. The molecular weight excluding hydrogens is 176 g/mol. The van der Waals surface area contributed by atoms with Crippen LogP contribution >= 0.6 is 0 Å². The number of imidazole rings is 1. The molecule has 4 nitrogen and oxygen atoms in total. The molecule has 1 heterocycles. The third-order valence-electron chi connectivity index (χ3n) is 1.67. The summed E-state index contributed by atoms with van der Waals surface area (Å²) < 4.78 is 22.8. The van der Waals surface area contributed by atoms with E-state index < -0.39 is 11.1 Å². The molecule has 1 unspecified atom stereocenters. The van der Waals surface area contributed by atoms with Gasteiger partial charge in [0.2, 0.25) is 0 Å². The first-order chi connectivity index (χ1) is 5.54. The Labute approximate surface area is 73.9 Å². The van der Waals surface area contributed by atoms with E-state index in [1.54, 1.807) is 11.6 Å². The minimum Gasteiger partial charge on any atom is -0.767 e. The number of hydrogen-bond donors (Lipinski definition) is 0. The number of nitrogens with zero attached hydrogens (tertiary/aromatic N) is 2. The van der Waals surface area contributed by atoms with E-state index in [0.29, 0.717) is 0 Å². The van der Waals surface area contributed by atoms with E-state index >= 15 is 0 Å². The van der Waals surface area contributed by atoms with Crippen molar-refractivity contribution in [1.82, 2.24) is 9.55 Å². The molecule has 0 fully saturated rings. The molecule has 12 heavy (non-hydrogen) atoms. The summed E-state index contributed by atoms with van der Waals surface area (Å²) in [5.74, 6) is 1.03. The Kier molecular flexibility index (Phi) is 2.64. The largest absolute Gasteiger partial charge is 0.767 e. The second kappa shape index (κ2) is 3.37. The van der Waals surface area contributed by atoms with Crippen LogP contribution in [0.1, 0.15) is 25.6 Å². The zero-order valence-electron chi connectivity index (χ0n) is 7.27. The standard InChI is InChI=1S/C7H12N2O2S/c1-5(2)7-8-4-6(9(7)3)12(10)11/h4-5H,1-3H3,(H,10,11)/p-1. The fourth-order valence-electron chi connectivity index (χ4n) is 1.10. The van der Waals surface area contributed by atoms with Crippen LogP contribution in [-0.4, -0.2) is 18.3 Å². The van der Waals surface area contributed by atoms with Gasteiger partial charge in [0.1, 0.15) is 10.9 Å². The van der Waals surface area contributed by atoms with Crippen LogP contribution in [0.5, 0.6) is 0 Å². The first-order valence-corrected chi connectivity index (χ1v) is 4.72. The molecule has 0 aliphatic carbocycles. The van der Waals surface area contributed by atoms with Crippen molar-refractivity contribution >= 4 is 11.1 Å². The lowest BCUT2D eigenvalue weighted by molar-refractivity contribution is 0.525. The minimum atomic E-state index is -2.19. The summed E-state index contributed by atoms with van der Waals surface area (Å²) in [4.78, 5) is 4.01. The molecule has 1 aromatic heterocycles. The third kappa shape index (κ3) is 1.56. The van der Waals surface area contributed by atoms with Crippen molar-refractivity contribution in [3.63, 3.8) is 0 Å². The molecule has 0 amide bonds. The Morgan fingerprint density at radius 1 is 1.67 bits per heavy atom. The highest BCUT2D eigenvalue weighted by Gasteiger charge is 2.09. The van der Waals surface area contributed by atoms with E-state index in [2.05, 4.69) is 4.98 Å². The van der Waals surface area contributed by atoms with Crippen LogP contribution in [-0.2, 0) is 18.1 Å². The summed E-state index contributed by atoms with van der Waals surface area (Å²) in [6.07, 6.45) is 1.37. The van der Waals surface area contributed by atoms with Crippen LogP contribution in [0.4, 0.5) is 0 Å². The molecule has 0 aromatic carbocycles. The van der Waals surface area contributed by atoms with Gasteiger partial charge >= 0.3 is 0 Å². The summed E-state index contributed by atoms with van der Waals surface area (Å²) in [7, 11) is 1.70. The van der Waals surface area contributed by atoms with Crippen LogP contribution in [0.2, 0.25) is 0 Å². The van der Waals surface area contributed by atoms with E-state index in [-0.39, 0.29) is 10.9 Å². The lowest BCUT2D eigenvalue weighted by Crippen LogP contribution is -2.04. The predicted octanol–water partition coefficient (Wildman–Crippen LogP) is 0.782. The Morgan fingerprint density at radius 3 is 2.50 bits per heavy atom. The number of rotatable bonds is 2. The van der Waals surface area contributed by atoms with Crippen LogP contribution < -0.4 is 0 Å². The van der Waals surface area contributed by atoms with Crippen LogP contribution in [0.3, 0.4) is 0 Å². The topological polar surface area (TPSA) is 57.9 Å². The van der Waals surface area contributed by atoms with Gasteiger partial charge < -0.3 is 9.12 Å². The summed E-state index contributed by atoms with van der Waals surface area (Å²) in [5, 5.41) is 0.235. The van der Waals surface area contributed by atoms with Crippen LogP contribution in [0.25, 0.3) is 0 Å². The van der Waals surface area contributed by atoms with Gasteiger partial charge in [-0.05, 0) is 11.1 Å². The van der Waals surface area contributed by atoms with Gasteiger partial charge in [0.05, 0.1) is 6.20 Å². The highest BCUT2D eigenvalue weighted by molar-refractivity contribution is 7.79. The smallest absolute Gasteiger partial charge is 0.112 e. The van der Waals surface area contributed by atoms with E-state index in [4.69, 9.17) is 0 Å². The summed E-state index contributed by atoms with van der Waals surface area (Å²) in [6, 6.07) is 0. The van der Waals surface area contributed by atoms with Gasteiger partial charge in [-0.1, -0.05) is 13.8 Å². The molecule has 0 aliphatic heterocycles. The Bertz CT molecular complexity index is 306. The lowest BCUT2D eigenvalue weighted by Gasteiger charge is -2.09. The van der Waals surface area contributed by atoms with Gasteiger partial charge in [-0.3, -0.25) is 4.21 Å². The normalized spacial score (nSPS) is 13.8. The van der Waals surface area contributed by atoms with Crippen LogP contribution in [0, 0.1) is 0 Å². The van der Waals surface area contributed by atoms with Gasteiger partial charge in [0, 0.05) is 13.0 Å². The zero-order chi connectivity index (χ0) is 9.30. The van der Waals surface area contributed by atoms with Crippen molar-refractivity contribution < 1.29 is 8.76 Å². The van der Waals surface area contributed by atoms with Crippen molar-refractivity contribution in [3.8, 4) is 0 Å². The van der Waals surface area contributed by atoms with Gasteiger partial charge in [0.25, 0.3) is 0 Å². The van der Waals surface area contributed by atoms with Gasteiger partial charge in [-0.25, -0.2) is 4.98 Å². The highest BCUT2D eigenvalue weighted by atomic mass is 32.2. The monoisotopic (exact) mass is 187 g/mol. The van der Waals surface area contributed by atoms with E-state index in [1.165, 1.54) is 6.20 Å². The maximum atomic E-state index is 10.6. The summed E-state index contributed by atoms with van der Waals surface area (Å²) in [6.45, 7) is 3.94. The van der Waals surface area contributed by atoms with Crippen molar-refractivity contribution in [2.75, 3.05) is 0 Å². The molecule has 0 radical (unpaired) electrons. The van der Waals surface area contributed by atoms with Crippen molar-refractivity contribution in [3.05, 3.63) is 12.0 Å². The quantitative estimate of drug-likeness (QED) is 0.643. The highest BCUT2D eigenvalue weighted by Crippen LogP contribution is 2.14. The van der Waals surface area contributed by atoms with E-state index in [9.17, 15) is 8.76 Å². The molecule has 0 spiro atoms. The second-order valence-corrected chi connectivity index (χ2v) is 3.79. The average molecular weight is 187 g/mol. The Morgan fingerprint density at radius 2 is 2.25 bits per heavy atom. The maximum Gasteiger partial charge on any atom is 0.112 e. The van der Waals surface area contributed by atoms with Gasteiger partial charge in [0.15, 0.2) is 0 Å². The fourth-order valence-corrected chi connectivity index (χ4v) is 1.55. The molecule has 0 saturated heterocycles. The van der Waals surface area contributed by atoms with Gasteiger partial charge in [-0.2, -0.15) is 0 Å². The minimum absolute atomic E-state index is 0.235. The SMILES string of the molecule is CC(C)c1ncc(S(=O)[O-])n1C. The molecule has 5 heteroatoms. The zero-order valence-corrected chi connectivity index (χ0v) is 8.09. The van der Waals surface area contributed by atoms with Crippen molar-refractivity contribution in [2.24, 2.45) is 7.05 Å². The molecule has 0 aliphatic rings. The summed E-state index contributed by atoms with van der Waals surface area (Å²) in [5.41, 5.74) is 0. The number of aromatic nitrogens is 2. The molecule has 0 bridgehead atoms. The molecular formula is C7H11N2O2S-. The summed E-state index contributed by atoms with van der Waals surface area (Å²) >= 11 is -2.19. The van der Waals surface area contributed by atoms with Crippen molar-refractivity contribution in [2.45, 2.75) is 24.8 Å². The third-order valence-corrected chi connectivity index (χ3v) is 2.39. The van der Waals surface area contributed by atoms with E-state index in [0.717, 1.165) is 5.82 Å². The molecule has 1 aromatic rings. The van der Waals surface area contributed by atoms with Crippen molar-refractivity contribution in [1.29, 1.82) is 0 Å². The average Bonchev–Trinajstić information content (AvgIpc) is 2.30. The van der Waals surface area contributed by atoms with Gasteiger partial charge in [-0.15, -0.1) is 0 Å². The van der Waals surface area contributed by atoms with E-state index in [1.807, 2.05) is 13.8 Å². The first-order valence-electron chi connectivity index (χ1n) is 3.65. The van der Waals surface area contributed by atoms with Crippen LogP contribution in [0.15, 0.2) is 11.2 Å². The lowest BCUT2D eigenvalue weighted by atomic mass is 10.2. The molecule has 68 valence electrons. The second-order valence-electron chi connectivity index (χ2n) is 2.90. The Balaban J connectivity index is 3.13.